The molecule has 2 unspecified atom stereocenters. The molecule has 0 aromatic carbocycles. The van der Waals surface area contributed by atoms with Crippen LogP contribution in [-0.2, 0) is 16.9 Å². The average Bonchev–Trinajstić information content (AvgIpc) is 2.69. The van der Waals surface area contributed by atoms with Crippen LogP contribution in [0.4, 0.5) is 0 Å². The Balaban J connectivity index is 2.35. The number of ether oxygens (including phenoxy) is 1. The van der Waals surface area contributed by atoms with E-state index in [-0.39, 0.29) is 5.75 Å². The van der Waals surface area contributed by atoms with Crippen molar-refractivity contribution in [1.29, 1.82) is 0 Å². The normalized spacial score (nSPS) is 24.7. The average molecular weight is 274 g/mol. The van der Waals surface area contributed by atoms with Crippen molar-refractivity contribution in [1.82, 2.24) is 9.78 Å². The molecule has 0 saturated carbocycles. The Morgan fingerprint density at radius 3 is 2.89 bits per heavy atom. The smallest absolute Gasteiger partial charge is 0.162 e. The van der Waals surface area contributed by atoms with Crippen LogP contribution >= 0.6 is 0 Å². The van der Waals surface area contributed by atoms with Gasteiger partial charge in [-0.15, -0.1) is 0 Å². The number of hydrogen-bond acceptors (Lipinski definition) is 5. The van der Waals surface area contributed by atoms with Gasteiger partial charge in [-0.05, 0) is 12.8 Å². The van der Waals surface area contributed by atoms with Gasteiger partial charge in [0.15, 0.2) is 15.6 Å². The third kappa shape index (κ3) is 2.24. The Kier molecular flexibility index (Phi) is 3.63. The first-order valence-electron chi connectivity index (χ1n) is 5.93. The molecule has 2 atom stereocenters. The van der Waals surface area contributed by atoms with E-state index in [1.807, 2.05) is 0 Å². The Labute approximate surface area is 106 Å². The minimum absolute atomic E-state index is 0.148. The van der Waals surface area contributed by atoms with Crippen LogP contribution in [0.1, 0.15) is 31.1 Å². The van der Waals surface area contributed by atoms with Gasteiger partial charge >= 0.3 is 0 Å². The maximum absolute atomic E-state index is 12.0. The Bertz CT molecular complexity index is 523. The fraction of sp³-hybridized carbons (Fsp3) is 0.727. The number of aromatic nitrogens is 2. The molecule has 0 radical (unpaired) electrons. The molecule has 0 amide bonds. The topological polar surface area (TPSA) is 81.4 Å². The van der Waals surface area contributed by atoms with Crippen molar-refractivity contribution in [2.24, 2.45) is 7.05 Å². The highest BCUT2D eigenvalue weighted by atomic mass is 32.2. The molecule has 7 heteroatoms. The summed E-state index contributed by atoms with van der Waals surface area (Å²) < 4.78 is 30.6. The van der Waals surface area contributed by atoms with E-state index >= 15 is 0 Å². The zero-order chi connectivity index (χ0) is 13.3. The van der Waals surface area contributed by atoms with Gasteiger partial charge in [0.25, 0.3) is 0 Å². The van der Waals surface area contributed by atoms with Gasteiger partial charge in [-0.1, -0.05) is 6.42 Å². The second-order valence-corrected chi connectivity index (χ2v) is 6.91. The standard InChI is InChI=1S/C11H18N2O4S/c1-13-10(8(17-2)7-12-13)11(14)9-5-3-4-6-18(9,15)16/h7,9,11,14H,3-6H2,1-2H3. The van der Waals surface area contributed by atoms with Crippen molar-refractivity contribution in [3.8, 4) is 5.75 Å². The molecule has 1 aliphatic heterocycles. The molecule has 1 aliphatic rings. The molecule has 0 bridgehead atoms. The van der Waals surface area contributed by atoms with E-state index in [1.54, 1.807) is 7.05 Å². The predicted octanol–water partition coefficient (Wildman–Crippen LogP) is 0.429. The van der Waals surface area contributed by atoms with Crippen LogP contribution in [0.3, 0.4) is 0 Å². The molecule has 0 aliphatic carbocycles. The number of aliphatic hydroxyl groups excluding tert-OH is 1. The first kappa shape index (κ1) is 13.4. The van der Waals surface area contributed by atoms with Crippen LogP contribution in [-0.4, -0.2) is 41.4 Å². The molecular weight excluding hydrogens is 256 g/mol. The molecule has 1 fully saturated rings. The molecule has 18 heavy (non-hydrogen) atoms. The SMILES string of the molecule is COc1cnn(C)c1C(O)C1CCCCS1(=O)=O. The fourth-order valence-electron chi connectivity index (χ4n) is 2.43. The van der Waals surface area contributed by atoms with Crippen molar-refractivity contribution < 1.29 is 18.3 Å². The summed E-state index contributed by atoms with van der Waals surface area (Å²) in [5, 5.41) is 13.6. The Morgan fingerprint density at radius 2 is 2.28 bits per heavy atom. The highest BCUT2D eigenvalue weighted by Gasteiger charge is 2.38. The lowest BCUT2D eigenvalue weighted by atomic mass is 10.1. The molecule has 2 heterocycles. The van der Waals surface area contributed by atoms with Crippen LogP contribution in [0.25, 0.3) is 0 Å². The molecule has 102 valence electrons. The molecule has 0 spiro atoms. The second kappa shape index (κ2) is 4.89. The summed E-state index contributed by atoms with van der Waals surface area (Å²) in [5.74, 6) is 0.570. The van der Waals surface area contributed by atoms with E-state index in [0.29, 0.717) is 24.3 Å². The number of rotatable bonds is 3. The van der Waals surface area contributed by atoms with Crippen LogP contribution < -0.4 is 4.74 Å². The van der Waals surface area contributed by atoms with Crippen LogP contribution in [0.2, 0.25) is 0 Å². The first-order chi connectivity index (χ1) is 8.47. The number of aliphatic hydroxyl groups is 1. The highest BCUT2D eigenvalue weighted by molar-refractivity contribution is 7.92. The largest absolute Gasteiger partial charge is 0.493 e. The summed E-state index contributed by atoms with van der Waals surface area (Å²) >= 11 is 0. The van der Waals surface area contributed by atoms with E-state index in [1.165, 1.54) is 18.0 Å². The number of hydrogen-bond donors (Lipinski definition) is 1. The van der Waals surface area contributed by atoms with Gasteiger partial charge in [0.2, 0.25) is 0 Å². The van der Waals surface area contributed by atoms with Gasteiger partial charge < -0.3 is 9.84 Å². The summed E-state index contributed by atoms with van der Waals surface area (Å²) in [5.41, 5.74) is 0.424. The number of sulfone groups is 1. The third-order valence-corrected chi connectivity index (χ3v) is 5.70. The minimum atomic E-state index is -3.24. The summed E-state index contributed by atoms with van der Waals surface area (Å²) in [6.07, 6.45) is 2.37. The van der Waals surface area contributed by atoms with E-state index in [2.05, 4.69) is 5.10 Å². The molecule has 1 N–H and O–H groups in total. The maximum Gasteiger partial charge on any atom is 0.162 e. The predicted molar refractivity (Wildman–Crippen MR) is 66.1 cm³/mol. The van der Waals surface area contributed by atoms with Crippen LogP contribution in [0.5, 0.6) is 5.75 Å². The monoisotopic (exact) mass is 274 g/mol. The molecule has 2 rings (SSSR count). The van der Waals surface area contributed by atoms with Crippen molar-refractivity contribution in [2.45, 2.75) is 30.6 Å². The highest BCUT2D eigenvalue weighted by Crippen LogP contribution is 2.34. The zero-order valence-electron chi connectivity index (χ0n) is 10.5. The van der Waals surface area contributed by atoms with Gasteiger partial charge in [-0.25, -0.2) is 8.42 Å². The Morgan fingerprint density at radius 1 is 1.56 bits per heavy atom. The van der Waals surface area contributed by atoms with Crippen molar-refractivity contribution >= 4 is 9.84 Å². The number of methoxy groups -OCH3 is 1. The summed E-state index contributed by atoms with van der Waals surface area (Å²) in [6, 6.07) is 0. The summed E-state index contributed by atoms with van der Waals surface area (Å²) in [4.78, 5) is 0. The van der Waals surface area contributed by atoms with Gasteiger partial charge in [0.05, 0.1) is 24.3 Å². The lowest BCUT2D eigenvalue weighted by Crippen LogP contribution is -2.34. The quantitative estimate of drug-likeness (QED) is 0.864. The molecule has 6 nitrogen and oxygen atoms in total. The van der Waals surface area contributed by atoms with E-state index in [0.717, 1.165) is 6.42 Å². The molecule has 1 aromatic heterocycles. The fourth-order valence-corrected chi connectivity index (χ4v) is 4.39. The van der Waals surface area contributed by atoms with Crippen molar-refractivity contribution in [3.05, 3.63) is 11.9 Å². The third-order valence-electron chi connectivity index (χ3n) is 3.43. The van der Waals surface area contributed by atoms with Gasteiger partial charge in [-0.2, -0.15) is 5.10 Å². The molecular formula is C11H18N2O4S. The van der Waals surface area contributed by atoms with Gasteiger partial charge in [0, 0.05) is 7.05 Å². The first-order valence-corrected chi connectivity index (χ1v) is 7.64. The van der Waals surface area contributed by atoms with E-state index in [9.17, 15) is 13.5 Å². The summed E-state index contributed by atoms with van der Waals surface area (Å²) in [6.45, 7) is 0. The molecule has 1 aromatic rings. The van der Waals surface area contributed by atoms with Gasteiger partial charge in [0.1, 0.15) is 11.8 Å². The van der Waals surface area contributed by atoms with E-state index in [4.69, 9.17) is 4.74 Å². The lowest BCUT2D eigenvalue weighted by molar-refractivity contribution is 0.151. The summed E-state index contributed by atoms with van der Waals surface area (Å²) in [7, 11) is -0.0992. The number of nitrogens with zero attached hydrogens (tertiary/aromatic N) is 2. The number of aryl methyl sites for hydroxylation is 1. The van der Waals surface area contributed by atoms with Crippen LogP contribution in [0.15, 0.2) is 6.20 Å². The van der Waals surface area contributed by atoms with Crippen LogP contribution in [0, 0.1) is 0 Å². The van der Waals surface area contributed by atoms with Crippen molar-refractivity contribution in [2.75, 3.05) is 12.9 Å². The van der Waals surface area contributed by atoms with Crippen molar-refractivity contribution in [3.63, 3.8) is 0 Å². The minimum Gasteiger partial charge on any atom is -0.493 e. The lowest BCUT2D eigenvalue weighted by Gasteiger charge is -2.27. The maximum atomic E-state index is 12.0. The second-order valence-electron chi connectivity index (χ2n) is 4.57. The van der Waals surface area contributed by atoms with Gasteiger partial charge in [-0.3, -0.25) is 4.68 Å². The zero-order valence-corrected chi connectivity index (χ0v) is 11.4. The Hall–Kier alpha value is -1.08. The molecule has 1 saturated heterocycles. The van der Waals surface area contributed by atoms with E-state index < -0.39 is 21.2 Å².